The van der Waals surface area contributed by atoms with E-state index >= 15 is 0 Å². The van der Waals surface area contributed by atoms with Crippen molar-refractivity contribution >= 4 is 25.9 Å². The van der Waals surface area contributed by atoms with E-state index in [1.807, 2.05) is 20.8 Å². The van der Waals surface area contributed by atoms with E-state index in [4.69, 9.17) is 20.8 Å². The molecule has 0 aromatic heterocycles. The van der Waals surface area contributed by atoms with Gasteiger partial charge in [-0.3, -0.25) is 4.79 Å². The quantitative estimate of drug-likeness (QED) is 0.414. The summed E-state index contributed by atoms with van der Waals surface area (Å²) in [5.74, 6) is -0.148. The first-order valence-electron chi connectivity index (χ1n) is 7.73. The Labute approximate surface area is 135 Å². The molecule has 0 aromatic carbocycles. The van der Waals surface area contributed by atoms with Gasteiger partial charge in [-0.05, 0) is 45.3 Å². The van der Waals surface area contributed by atoms with Crippen LogP contribution in [0.4, 0.5) is 0 Å². The van der Waals surface area contributed by atoms with Crippen molar-refractivity contribution in [3.8, 4) is 0 Å². The lowest BCUT2D eigenvalue weighted by Gasteiger charge is -2.37. The summed E-state index contributed by atoms with van der Waals surface area (Å²) in [6, 6.07) is 0. The molecule has 0 radical (unpaired) electrons. The molecule has 5 heteroatoms. The highest BCUT2D eigenvalue weighted by Gasteiger charge is 2.49. The minimum atomic E-state index is -1.75. The van der Waals surface area contributed by atoms with Crippen LogP contribution in [0.2, 0.25) is 18.1 Å². The minimum absolute atomic E-state index is 0.148. The zero-order valence-electron chi connectivity index (χ0n) is 14.8. The van der Waals surface area contributed by atoms with Crippen molar-refractivity contribution in [2.45, 2.75) is 83.5 Å². The summed E-state index contributed by atoms with van der Waals surface area (Å²) in [7, 11) is -1.75. The third kappa shape index (κ3) is 4.46. The molecular weight excluding hydrogens is 304 g/mol. The van der Waals surface area contributed by atoms with Crippen molar-refractivity contribution in [1.29, 1.82) is 0 Å². The Morgan fingerprint density at radius 1 is 1.33 bits per heavy atom. The van der Waals surface area contributed by atoms with Crippen LogP contribution in [-0.2, 0) is 14.0 Å². The third-order valence-electron chi connectivity index (χ3n) is 5.03. The number of cyclic esters (lactones) is 1. The standard InChI is InChI=1S/C16H31ClO3Si/c1-14(2,3)21(7,8)19-10-9-16(6,17)12-11-15(4,5)13(18)20-12/h12H,9-11H2,1-8H3/t12-,16-/m0/s1. The first-order valence-corrected chi connectivity index (χ1v) is 11.0. The Morgan fingerprint density at radius 3 is 2.24 bits per heavy atom. The van der Waals surface area contributed by atoms with E-state index in [1.165, 1.54) is 0 Å². The van der Waals surface area contributed by atoms with Crippen LogP contribution < -0.4 is 0 Å². The fourth-order valence-corrected chi connectivity index (χ4v) is 3.34. The topological polar surface area (TPSA) is 35.5 Å². The number of carbonyl (C=O) groups is 1. The molecule has 0 aliphatic carbocycles. The second-order valence-electron chi connectivity index (χ2n) is 8.62. The van der Waals surface area contributed by atoms with Gasteiger partial charge in [0.25, 0.3) is 0 Å². The Kier molecular flexibility index (Phi) is 5.30. The Morgan fingerprint density at radius 2 is 1.86 bits per heavy atom. The van der Waals surface area contributed by atoms with Crippen LogP contribution >= 0.6 is 11.6 Å². The molecule has 0 spiro atoms. The lowest BCUT2D eigenvalue weighted by molar-refractivity contribution is -0.148. The van der Waals surface area contributed by atoms with Crippen LogP contribution in [0.25, 0.3) is 0 Å². The Bertz CT molecular complexity index is 397. The molecular formula is C16H31ClO3Si. The van der Waals surface area contributed by atoms with Crippen molar-refractivity contribution in [1.82, 2.24) is 0 Å². The van der Waals surface area contributed by atoms with Gasteiger partial charge in [-0.1, -0.05) is 20.8 Å². The lowest BCUT2D eigenvalue weighted by Crippen LogP contribution is -2.43. The molecule has 21 heavy (non-hydrogen) atoms. The van der Waals surface area contributed by atoms with Crippen molar-refractivity contribution in [3.05, 3.63) is 0 Å². The molecule has 0 saturated carbocycles. The van der Waals surface area contributed by atoms with Gasteiger partial charge in [0.1, 0.15) is 6.10 Å². The second kappa shape index (κ2) is 5.86. The molecule has 0 unspecified atom stereocenters. The fourth-order valence-electron chi connectivity index (χ4n) is 2.10. The van der Waals surface area contributed by atoms with Crippen LogP contribution in [0.5, 0.6) is 0 Å². The maximum atomic E-state index is 11.8. The van der Waals surface area contributed by atoms with Gasteiger partial charge in [-0.25, -0.2) is 0 Å². The highest BCUT2D eigenvalue weighted by atomic mass is 35.5. The molecule has 0 bridgehead atoms. The number of hydrogen-bond acceptors (Lipinski definition) is 3. The molecule has 1 aliphatic rings. The predicted molar refractivity (Wildman–Crippen MR) is 90.3 cm³/mol. The van der Waals surface area contributed by atoms with Gasteiger partial charge < -0.3 is 9.16 Å². The van der Waals surface area contributed by atoms with Gasteiger partial charge in [0.05, 0.1) is 10.3 Å². The van der Waals surface area contributed by atoms with Gasteiger partial charge in [0.2, 0.25) is 0 Å². The van der Waals surface area contributed by atoms with E-state index in [2.05, 4.69) is 33.9 Å². The summed E-state index contributed by atoms with van der Waals surface area (Å²) >= 11 is 6.64. The number of halogens is 1. The minimum Gasteiger partial charge on any atom is -0.460 e. The number of hydrogen-bond donors (Lipinski definition) is 0. The largest absolute Gasteiger partial charge is 0.460 e. The predicted octanol–water partition coefficient (Wildman–Crippen LogP) is 4.74. The van der Waals surface area contributed by atoms with E-state index in [1.54, 1.807) is 0 Å². The molecule has 1 fully saturated rings. The first-order chi connectivity index (χ1) is 9.19. The highest BCUT2D eigenvalue weighted by Crippen LogP contribution is 2.42. The van der Waals surface area contributed by atoms with E-state index in [0.29, 0.717) is 19.4 Å². The summed E-state index contributed by atoms with van der Waals surface area (Å²) in [5.41, 5.74) is -0.429. The maximum Gasteiger partial charge on any atom is 0.311 e. The average molecular weight is 335 g/mol. The molecule has 0 N–H and O–H groups in total. The molecule has 124 valence electrons. The summed E-state index contributed by atoms with van der Waals surface area (Å²) in [6.07, 6.45) is 1.13. The van der Waals surface area contributed by atoms with Gasteiger partial charge >= 0.3 is 5.97 Å². The summed E-state index contributed by atoms with van der Waals surface area (Å²) in [5, 5.41) is 0.192. The van der Waals surface area contributed by atoms with Crippen LogP contribution in [0.3, 0.4) is 0 Å². The normalized spacial score (nSPS) is 25.6. The first kappa shape index (κ1) is 19.0. The van der Waals surface area contributed by atoms with Crippen molar-refractivity contribution in [2.75, 3.05) is 6.61 Å². The molecule has 0 amide bonds. The molecule has 0 aromatic rings. The Balaban J connectivity index is 2.57. The second-order valence-corrected chi connectivity index (χ2v) is 14.3. The van der Waals surface area contributed by atoms with E-state index < -0.39 is 18.6 Å². The highest BCUT2D eigenvalue weighted by molar-refractivity contribution is 6.74. The van der Waals surface area contributed by atoms with Gasteiger partial charge in [0.15, 0.2) is 8.32 Å². The number of rotatable bonds is 5. The monoisotopic (exact) mass is 334 g/mol. The van der Waals surface area contributed by atoms with Crippen molar-refractivity contribution in [3.63, 3.8) is 0 Å². The smallest absolute Gasteiger partial charge is 0.311 e. The third-order valence-corrected chi connectivity index (χ3v) is 10.00. The maximum absolute atomic E-state index is 11.8. The Hall–Kier alpha value is -0.0631. The van der Waals surface area contributed by atoms with Crippen molar-refractivity contribution in [2.24, 2.45) is 5.41 Å². The molecule has 1 rings (SSSR count). The van der Waals surface area contributed by atoms with E-state index in [0.717, 1.165) is 0 Å². The van der Waals surface area contributed by atoms with Crippen LogP contribution in [0.1, 0.15) is 54.4 Å². The summed E-state index contributed by atoms with van der Waals surface area (Å²) in [4.78, 5) is 11.2. The van der Waals surface area contributed by atoms with E-state index in [9.17, 15) is 4.79 Å². The van der Waals surface area contributed by atoms with Crippen molar-refractivity contribution < 1.29 is 14.0 Å². The van der Waals surface area contributed by atoms with Crippen LogP contribution in [-0.4, -0.2) is 31.9 Å². The number of alkyl halides is 1. The number of ether oxygens (including phenoxy) is 1. The van der Waals surface area contributed by atoms with Gasteiger partial charge in [0, 0.05) is 13.0 Å². The average Bonchev–Trinajstić information content (AvgIpc) is 2.52. The van der Waals surface area contributed by atoms with E-state index in [-0.39, 0.29) is 17.1 Å². The molecule has 1 saturated heterocycles. The van der Waals surface area contributed by atoms with Crippen LogP contribution in [0.15, 0.2) is 0 Å². The number of esters is 1. The molecule has 1 aliphatic heterocycles. The zero-order valence-corrected chi connectivity index (χ0v) is 16.6. The SMILES string of the molecule is CC1(C)C[C@@H]([C@@](C)(Cl)CCO[Si](C)(C)C(C)(C)C)OC1=O. The van der Waals surface area contributed by atoms with Gasteiger partial charge in [-0.15, -0.1) is 11.6 Å². The molecule has 3 nitrogen and oxygen atoms in total. The molecule has 2 atom stereocenters. The zero-order chi connectivity index (χ0) is 16.7. The lowest BCUT2D eigenvalue weighted by atomic mass is 9.85. The summed E-state index contributed by atoms with van der Waals surface area (Å²) in [6.45, 7) is 17.5. The van der Waals surface area contributed by atoms with Gasteiger partial charge in [-0.2, -0.15) is 0 Å². The fraction of sp³-hybridized carbons (Fsp3) is 0.938. The number of carbonyl (C=O) groups excluding carboxylic acids is 1. The molecule has 1 heterocycles. The van der Waals surface area contributed by atoms with Crippen LogP contribution in [0, 0.1) is 5.41 Å². The summed E-state index contributed by atoms with van der Waals surface area (Å²) < 4.78 is 11.7.